The van der Waals surface area contributed by atoms with Crippen LogP contribution in [0.1, 0.15) is 34.6 Å². The number of hydrazone groups is 2. The minimum absolute atomic E-state index is 0.309. The highest BCUT2D eigenvalue weighted by Gasteiger charge is 2.06. The summed E-state index contributed by atoms with van der Waals surface area (Å²) in [6.07, 6.45) is 0. The Morgan fingerprint density at radius 1 is 0.667 bits per heavy atom. The maximum absolute atomic E-state index is 11.9. The zero-order chi connectivity index (χ0) is 17.4. The van der Waals surface area contributed by atoms with Gasteiger partial charge in [0.05, 0.1) is 11.4 Å². The molecule has 0 radical (unpaired) electrons. The first-order chi connectivity index (χ1) is 11.6. The van der Waals surface area contributed by atoms with E-state index in [0.717, 1.165) is 0 Å². The van der Waals surface area contributed by atoms with Crippen LogP contribution in [0.15, 0.2) is 70.9 Å². The largest absolute Gasteiger partial charge is 0.271 e. The van der Waals surface area contributed by atoms with Crippen molar-refractivity contribution in [1.29, 1.82) is 0 Å². The fraction of sp³-hybridized carbons (Fsp3) is 0.111. The van der Waals surface area contributed by atoms with E-state index in [-0.39, 0.29) is 11.8 Å². The van der Waals surface area contributed by atoms with Gasteiger partial charge in [-0.2, -0.15) is 10.2 Å². The molecule has 24 heavy (non-hydrogen) atoms. The maximum Gasteiger partial charge on any atom is 0.271 e. The molecular weight excluding hydrogens is 304 g/mol. The molecule has 0 atom stereocenters. The van der Waals surface area contributed by atoms with Crippen molar-refractivity contribution < 1.29 is 9.59 Å². The van der Waals surface area contributed by atoms with Crippen molar-refractivity contribution in [2.45, 2.75) is 13.8 Å². The Morgan fingerprint density at radius 2 is 1.00 bits per heavy atom. The molecule has 6 nitrogen and oxygen atoms in total. The standard InChI is InChI=1S/C18H18N4O2/c1-13(19-21-17(23)15-9-5-3-6-10-15)14(2)20-22-18(24)16-11-7-4-8-12-16/h3-12H,1-2H3,(H,21,23)(H,22,24)/b19-13+,20-14+. The minimum atomic E-state index is -0.309. The zero-order valence-corrected chi connectivity index (χ0v) is 13.5. The highest BCUT2D eigenvalue weighted by Crippen LogP contribution is 1.99. The summed E-state index contributed by atoms with van der Waals surface area (Å²) in [5, 5.41) is 7.97. The molecular formula is C18H18N4O2. The molecule has 0 heterocycles. The molecule has 2 aromatic carbocycles. The van der Waals surface area contributed by atoms with E-state index in [0.29, 0.717) is 22.6 Å². The van der Waals surface area contributed by atoms with E-state index in [1.807, 2.05) is 12.1 Å². The lowest BCUT2D eigenvalue weighted by Crippen LogP contribution is -2.24. The van der Waals surface area contributed by atoms with Crippen LogP contribution in [0.4, 0.5) is 0 Å². The summed E-state index contributed by atoms with van der Waals surface area (Å²) < 4.78 is 0. The molecule has 0 saturated heterocycles. The second-order valence-corrected chi connectivity index (χ2v) is 5.01. The molecule has 0 bridgehead atoms. The lowest BCUT2D eigenvalue weighted by atomic mass is 10.2. The molecule has 0 aliphatic rings. The van der Waals surface area contributed by atoms with E-state index in [9.17, 15) is 9.59 Å². The molecule has 2 N–H and O–H groups in total. The van der Waals surface area contributed by atoms with E-state index in [1.54, 1.807) is 62.4 Å². The number of hydrogen-bond acceptors (Lipinski definition) is 4. The third-order valence-corrected chi connectivity index (χ3v) is 3.25. The Morgan fingerprint density at radius 3 is 1.33 bits per heavy atom. The third-order valence-electron chi connectivity index (χ3n) is 3.25. The van der Waals surface area contributed by atoms with Gasteiger partial charge in [0, 0.05) is 11.1 Å². The fourth-order valence-electron chi connectivity index (χ4n) is 1.74. The summed E-state index contributed by atoms with van der Waals surface area (Å²) >= 11 is 0. The second-order valence-electron chi connectivity index (χ2n) is 5.01. The van der Waals surface area contributed by atoms with Crippen molar-refractivity contribution in [3.8, 4) is 0 Å². The lowest BCUT2D eigenvalue weighted by Gasteiger charge is -2.04. The van der Waals surface area contributed by atoms with E-state index >= 15 is 0 Å². The Bertz CT molecular complexity index is 701. The molecule has 0 fully saturated rings. The number of nitrogens with one attached hydrogen (secondary N) is 2. The quantitative estimate of drug-likeness (QED) is 0.655. The number of nitrogens with zero attached hydrogens (tertiary/aromatic N) is 2. The molecule has 122 valence electrons. The Hall–Kier alpha value is -3.28. The van der Waals surface area contributed by atoms with Crippen molar-refractivity contribution >= 4 is 23.2 Å². The Kier molecular flexibility index (Phi) is 5.96. The molecule has 2 amide bonds. The van der Waals surface area contributed by atoms with Crippen molar-refractivity contribution in [1.82, 2.24) is 10.9 Å². The highest BCUT2D eigenvalue weighted by molar-refractivity contribution is 6.40. The number of rotatable bonds is 5. The average molecular weight is 322 g/mol. The predicted octanol–water partition coefficient (Wildman–Crippen LogP) is 2.60. The highest BCUT2D eigenvalue weighted by atomic mass is 16.2. The molecule has 2 rings (SSSR count). The zero-order valence-electron chi connectivity index (χ0n) is 13.5. The van der Waals surface area contributed by atoms with E-state index in [1.165, 1.54) is 0 Å². The van der Waals surface area contributed by atoms with Gasteiger partial charge < -0.3 is 0 Å². The molecule has 6 heteroatoms. The van der Waals surface area contributed by atoms with Gasteiger partial charge in [0.2, 0.25) is 0 Å². The van der Waals surface area contributed by atoms with Gasteiger partial charge in [-0.3, -0.25) is 9.59 Å². The van der Waals surface area contributed by atoms with Crippen molar-refractivity contribution in [2.75, 3.05) is 0 Å². The summed E-state index contributed by atoms with van der Waals surface area (Å²) in [4.78, 5) is 23.8. The number of amides is 2. The van der Waals surface area contributed by atoms with Crippen molar-refractivity contribution in [3.63, 3.8) is 0 Å². The Balaban J connectivity index is 1.94. The number of carbonyl (C=O) groups excluding carboxylic acids is 2. The molecule has 0 saturated carbocycles. The van der Waals surface area contributed by atoms with Gasteiger partial charge in [0.25, 0.3) is 11.8 Å². The van der Waals surface area contributed by atoms with Crippen LogP contribution in [0.3, 0.4) is 0 Å². The topological polar surface area (TPSA) is 82.9 Å². The van der Waals surface area contributed by atoms with E-state index in [4.69, 9.17) is 0 Å². The van der Waals surface area contributed by atoms with Crippen LogP contribution < -0.4 is 10.9 Å². The van der Waals surface area contributed by atoms with E-state index in [2.05, 4.69) is 21.1 Å². The van der Waals surface area contributed by atoms with Crippen LogP contribution in [0.25, 0.3) is 0 Å². The second kappa shape index (κ2) is 8.38. The summed E-state index contributed by atoms with van der Waals surface area (Å²) in [7, 11) is 0. The van der Waals surface area contributed by atoms with Gasteiger partial charge >= 0.3 is 0 Å². The molecule has 0 spiro atoms. The first-order valence-corrected chi connectivity index (χ1v) is 7.37. The molecule has 0 aliphatic heterocycles. The average Bonchev–Trinajstić information content (AvgIpc) is 2.64. The summed E-state index contributed by atoms with van der Waals surface area (Å²) in [5.74, 6) is -0.618. The maximum atomic E-state index is 11.9. The van der Waals surface area contributed by atoms with Gasteiger partial charge in [-0.15, -0.1) is 0 Å². The number of benzene rings is 2. The molecule has 0 aliphatic carbocycles. The van der Waals surface area contributed by atoms with Crippen LogP contribution in [0, 0.1) is 0 Å². The van der Waals surface area contributed by atoms with Crippen LogP contribution in [-0.2, 0) is 0 Å². The van der Waals surface area contributed by atoms with Crippen LogP contribution in [0.2, 0.25) is 0 Å². The summed E-state index contributed by atoms with van der Waals surface area (Å²) in [6, 6.07) is 17.5. The first kappa shape index (κ1) is 17.1. The Labute approximate surface area is 140 Å². The fourth-order valence-corrected chi connectivity index (χ4v) is 1.74. The van der Waals surface area contributed by atoms with Gasteiger partial charge in [0.15, 0.2) is 0 Å². The molecule has 0 unspecified atom stereocenters. The van der Waals surface area contributed by atoms with Gasteiger partial charge in [-0.05, 0) is 38.1 Å². The van der Waals surface area contributed by atoms with Crippen LogP contribution in [-0.4, -0.2) is 23.2 Å². The first-order valence-electron chi connectivity index (χ1n) is 7.37. The normalized spacial score (nSPS) is 11.8. The van der Waals surface area contributed by atoms with Gasteiger partial charge in [0.1, 0.15) is 0 Å². The van der Waals surface area contributed by atoms with Gasteiger partial charge in [-0.25, -0.2) is 10.9 Å². The monoisotopic (exact) mass is 322 g/mol. The number of carbonyl (C=O) groups is 2. The minimum Gasteiger partial charge on any atom is -0.267 e. The van der Waals surface area contributed by atoms with Gasteiger partial charge in [-0.1, -0.05) is 36.4 Å². The van der Waals surface area contributed by atoms with Crippen molar-refractivity contribution in [3.05, 3.63) is 71.8 Å². The van der Waals surface area contributed by atoms with Crippen LogP contribution >= 0.6 is 0 Å². The predicted molar refractivity (Wildman–Crippen MR) is 94.0 cm³/mol. The smallest absolute Gasteiger partial charge is 0.267 e. The van der Waals surface area contributed by atoms with E-state index < -0.39 is 0 Å². The molecule has 0 aromatic heterocycles. The van der Waals surface area contributed by atoms with Crippen LogP contribution in [0.5, 0.6) is 0 Å². The lowest BCUT2D eigenvalue weighted by molar-refractivity contribution is 0.0946. The third kappa shape index (κ3) is 4.88. The molecule has 2 aromatic rings. The SMILES string of the molecule is CC(=N\NC(=O)c1ccccc1)/C(C)=N/NC(=O)c1ccccc1. The summed E-state index contributed by atoms with van der Waals surface area (Å²) in [5.41, 5.74) is 6.92. The van der Waals surface area contributed by atoms with Crippen molar-refractivity contribution in [2.24, 2.45) is 10.2 Å². The number of hydrogen-bond donors (Lipinski definition) is 2. The summed E-state index contributed by atoms with van der Waals surface area (Å²) in [6.45, 7) is 3.39.